The lowest BCUT2D eigenvalue weighted by Gasteiger charge is -2.12. The lowest BCUT2D eigenvalue weighted by atomic mass is 10.0. The van der Waals surface area contributed by atoms with Crippen molar-refractivity contribution in [3.8, 4) is 17.2 Å². The first-order chi connectivity index (χ1) is 11.3. The van der Waals surface area contributed by atoms with E-state index in [1.54, 1.807) is 13.3 Å². The van der Waals surface area contributed by atoms with Gasteiger partial charge in [-0.25, -0.2) is 0 Å². The number of nitrogens with two attached hydrogens (primary N) is 1. The Morgan fingerprint density at radius 2 is 2.00 bits per heavy atom. The Morgan fingerprint density at radius 1 is 1.13 bits per heavy atom. The molecule has 23 heavy (non-hydrogen) atoms. The molecule has 1 aliphatic rings. The molecule has 3 aromatic rings. The third kappa shape index (κ3) is 2.21. The van der Waals surface area contributed by atoms with Crippen LogP contribution in [-0.4, -0.2) is 18.9 Å². The number of ether oxygens (including phenoxy) is 3. The fraction of sp³-hybridized carbons (Fsp3) is 0.167. The van der Waals surface area contributed by atoms with Gasteiger partial charge in [-0.15, -0.1) is 0 Å². The summed E-state index contributed by atoms with van der Waals surface area (Å²) in [6.07, 6.45) is 2.46. The van der Waals surface area contributed by atoms with Crippen molar-refractivity contribution >= 4 is 16.6 Å². The third-order valence-electron chi connectivity index (χ3n) is 4.07. The first-order valence-electron chi connectivity index (χ1n) is 7.35. The molecule has 0 fully saturated rings. The molecule has 2 aromatic carbocycles. The molecule has 0 saturated heterocycles. The fourth-order valence-corrected chi connectivity index (χ4v) is 2.88. The van der Waals surface area contributed by atoms with Crippen LogP contribution in [0.1, 0.15) is 11.1 Å². The lowest BCUT2D eigenvalue weighted by Crippen LogP contribution is -2.00. The molecule has 0 atom stereocenters. The van der Waals surface area contributed by atoms with Crippen LogP contribution in [0.5, 0.6) is 17.2 Å². The molecule has 5 nitrogen and oxygen atoms in total. The van der Waals surface area contributed by atoms with Crippen LogP contribution in [0.25, 0.3) is 10.9 Å². The second-order valence-electron chi connectivity index (χ2n) is 5.38. The van der Waals surface area contributed by atoms with Gasteiger partial charge in [0.05, 0.1) is 7.11 Å². The Morgan fingerprint density at radius 3 is 2.87 bits per heavy atom. The second kappa shape index (κ2) is 5.35. The minimum absolute atomic E-state index is 0.221. The van der Waals surface area contributed by atoms with Crippen molar-refractivity contribution in [3.05, 3.63) is 53.7 Å². The van der Waals surface area contributed by atoms with Crippen LogP contribution in [-0.2, 0) is 6.42 Å². The molecule has 1 aromatic heterocycles. The summed E-state index contributed by atoms with van der Waals surface area (Å²) in [5.41, 5.74) is 9.85. The highest BCUT2D eigenvalue weighted by molar-refractivity contribution is 5.97. The summed E-state index contributed by atoms with van der Waals surface area (Å²) in [6, 6.07) is 11.7. The fourth-order valence-electron chi connectivity index (χ4n) is 2.88. The summed E-state index contributed by atoms with van der Waals surface area (Å²) in [5, 5.41) is 0.877. The Bertz CT molecular complexity index is 893. The van der Waals surface area contributed by atoms with Gasteiger partial charge in [0.1, 0.15) is 11.3 Å². The molecule has 116 valence electrons. The van der Waals surface area contributed by atoms with Crippen molar-refractivity contribution in [1.29, 1.82) is 0 Å². The van der Waals surface area contributed by atoms with Gasteiger partial charge in [-0.3, -0.25) is 4.98 Å². The first kappa shape index (κ1) is 13.7. The molecule has 0 unspecified atom stereocenters. The molecule has 0 aliphatic carbocycles. The predicted molar refractivity (Wildman–Crippen MR) is 88.1 cm³/mol. The van der Waals surface area contributed by atoms with Crippen molar-refractivity contribution in [2.45, 2.75) is 6.42 Å². The smallest absolute Gasteiger partial charge is 0.231 e. The zero-order valence-electron chi connectivity index (χ0n) is 12.7. The molecular formula is C18H16N2O3. The highest BCUT2D eigenvalue weighted by atomic mass is 16.7. The van der Waals surface area contributed by atoms with Crippen LogP contribution in [0.3, 0.4) is 0 Å². The van der Waals surface area contributed by atoms with E-state index in [2.05, 4.69) is 4.98 Å². The second-order valence-corrected chi connectivity index (χ2v) is 5.38. The van der Waals surface area contributed by atoms with E-state index in [-0.39, 0.29) is 6.79 Å². The number of methoxy groups -OCH3 is 1. The Balaban J connectivity index is 1.80. The van der Waals surface area contributed by atoms with Crippen molar-refractivity contribution in [2.24, 2.45) is 0 Å². The Hall–Kier alpha value is -2.95. The van der Waals surface area contributed by atoms with Crippen LogP contribution in [0, 0.1) is 0 Å². The zero-order valence-corrected chi connectivity index (χ0v) is 12.7. The molecule has 5 heteroatoms. The van der Waals surface area contributed by atoms with Crippen molar-refractivity contribution < 1.29 is 14.2 Å². The number of hydrogen-bond donors (Lipinski definition) is 1. The Kier molecular flexibility index (Phi) is 3.19. The quantitative estimate of drug-likeness (QED) is 0.805. The molecule has 2 heterocycles. The van der Waals surface area contributed by atoms with Gasteiger partial charge in [-0.2, -0.15) is 0 Å². The van der Waals surface area contributed by atoms with Crippen molar-refractivity contribution in [2.75, 3.05) is 19.6 Å². The molecular weight excluding hydrogens is 292 g/mol. The van der Waals surface area contributed by atoms with Gasteiger partial charge < -0.3 is 19.9 Å². The normalized spacial score (nSPS) is 12.6. The number of nitrogens with zero attached hydrogens (tertiary/aromatic N) is 1. The van der Waals surface area contributed by atoms with E-state index in [0.29, 0.717) is 23.6 Å². The largest absolute Gasteiger partial charge is 0.496 e. The van der Waals surface area contributed by atoms with Crippen LogP contribution in [0.4, 0.5) is 5.69 Å². The highest BCUT2D eigenvalue weighted by Gasteiger charge is 2.20. The minimum atomic E-state index is 0.221. The molecule has 0 saturated carbocycles. The lowest BCUT2D eigenvalue weighted by molar-refractivity contribution is 0.174. The number of nitrogen functional groups attached to an aromatic ring is 1. The maximum atomic E-state index is 6.38. The minimum Gasteiger partial charge on any atom is -0.496 e. The summed E-state index contributed by atoms with van der Waals surface area (Å²) in [5.74, 6) is 2.22. The number of benzene rings is 2. The van der Waals surface area contributed by atoms with E-state index in [1.807, 2.05) is 36.4 Å². The van der Waals surface area contributed by atoms with Gasteiger partial charge in [-0.1, -0.05) is 18.2 Å². The summed E-state index contributed by atoms with van der Waals surface area (Å²) < 4.78 is 16.3. The summed E-state index contributed by atoms with van der Waals surface area (Å²) in [4.78, 5) is 4.54. The van der Waals surface area contributed by atoms with Gasteiger partial charge in [0.25, 0.3) is 0 Å². The van der Waals surface area contributed by atoms with Gasteiger partial charge in [0, 0.05) is 23.7 Å². The monoisotopic (exact) mass is 308 g/mol. The van der Waals surface area contributed by atoms with Gasteiger partial charge in [-0.05, 0) is 29.3 Å². The van der Waals surface area contributed by atoms with Crippen LogP contribution in [0.15, 0.2) is 42.6 Å². The SMILES string of the molecule is COc1ccccc1Cc1cnc2c3c(ccc2c1N)OCO3. The van der Waals surface area contributed by atoms with E-state index in [1.165, 1.54) is 0 Å². The number of para-hydroxylation sites is 1. The van der Waals surface area contributed by atoms with E-state index in [4.69, 9.17) is 19.9 Å². The van der Waals surface area contributed by atoms with E-state index in [9.17, 15) is 0 Å². The van der Waals surface area contributed by atoms with E-state index >= 15 is 0 Å². The topological polar surface area (TPSA) is 66.6 Å². The van der Waals surface area contributed by atoms with Crippen molar-refractivity contribution in [1.82, 2.24) is 4.98 Å². The average molecular weight is 308 g/mol. The van der Waals surface area contributed by atoms with Gasteiger partial charge in [0.2, 0.25) is 6.79 Å². The highest BCUT2D eigenvalue weighted by Crippen LogP contribution is 2.40. The molecule has 2 N–H and O–H groups in total. The molecule has 0 amide bonds. The number of hydrogen-bond acceptors (Lipinski definition) is 5. The van der Waals surface area contributed by atoms with E-state index < -0.39 is 0 Å². The van der Waals surface area contributed by atoms with E-state index in [0.717, 1.165) is 27.8 Å². The average Bonchev–Trinajstić information content (AvgIpc) is 3.06. The Labute approximate surface area is 133 Å². The first-order valence-corrected chi connectivity index (χ1v) is 7.35. The summed E-state index contributed by atoms with van der Waals surface area (Å²) in [7, 11) is 1.67. The van der Waals surface area contributed by atoms with Crippen LogP contribution >= 0.6 is 0 Å². The zero-order chi connectivity index (χ0) is 15.8. The molecule has 0 radical (unpaired) electrons. The van der Waals surface area contributed by atoms with Gasteiger partial charge >= 0.3 is 0 Å². The standard InChI is InChI=1S/C18H16N2O3/c1-21-14-5-3-2-4-11(14)8-12-9-20-17-13(16(12)19)6-7-15-18(17)23-10-22-15/h2-7,9H,8,10H2,1H3,(H2,19,20). The molecule has 4 rings (SSSR count). The van der Waals surface area contributed by atoms with Crippen LogP contribution in [0.2, 0.25) is 0 Å². The predicted octanol–water partition coefficient (Wildman–Crippen LogP) is 3.15. The van der Waals surface area contributed by atoms with Crippen molar-refractivity contribution in [3.63, 3.8) is 0 Å². The maximum absolute atomic E-state index is 6.38. The molecule has 1 aliphatic heterocycles. The number of pyridine rings is 1. The maximum Gasteiger partial charge on any atom is 0.231 e. The number of rotatable bonds is 3. The summed E-state index contributed by atoms with van der Waals surface area (Å²) >= 11 is 0. The third-order valence-corrected chi connectivity index (χ3v) is 4.07. The number of fused-ring (bicyclic) bond motifs is 3. The molecule has 0 spiro atoms. The van der Waals surface area contributed by atoms with Gasteiger partial charge in [0.15, 0.2) is 11.5 Å². The summed E-state index contributed by atoms with van der Waals surface area (Å²) in [6.45, 7) is 0.221. The number of aromatic nitrogens is 1. The number of anilines is 1. The molecule has 0 bridgehead atoms. The van der Waals surface area contributed by atoms with Crippen LogP contribution < -0.4 is 19.9 Å².